The molecule has 0 bridgehead atoms. The summed E-state index contributed by atoms with van der Waals surface area (Å²) in [6.07, 6.45) is 0. The number of anilines is 2. The quantitative estimate of drug-likeness (QED) is 0.107. The minimum Gasteiger partial charge on any atom is -0.375 e. The van der Waals surface area contributed by atoms with E-state index in [1.165, 1.54) is 12.1 Å². The van der Waals surface area contributed by atoms with E-state index in [4.69, 9.17) is 0 Å². The molecule has 0 aromatic heterocycles. The Balaban J connectivity index is 1.97. The third-order valence-electron chi connectivity index (χ3n) is 5.70. The van der Waals surface area contributed by atoms with Crippen molar-refractivity contribution in [3.05, 3.63) is 128 Å². The topological polar surface area (TPSA) is 110 Å². The molecule has 0 heterocycles. The number of nitro groups is 2. The summed E-state index contributed by atoms with van der Waals surface area (Å²) in [5.74, 6) is 0. The van der Waals surface area contributed by atoms with Crippen LogP contribution in [0.1, 0.15) is 23.2 Å². The van der Waals surface area contributed by atoms with E-state index in [1.807, 2.05) is 24.3 Å². The van der Waals surface area contributed by atoms with Gasteiger partial charge in [0.25, 0.3) is 11.4 Å². The van der Waals surface area contributed by atoms with Gasteiger partial charge in [0.1, 0.15) is 0 Å². The van der Waals surface area contributed by atoms with Gasteiger partial charge in [-0.1, -0.05) is 48.5 Å². The van der Waals surface area contributed by atoms with Crippen molar-refractivity contribution in [3.8, 4) is 0 Å². The van der Waals surface area contributed by atoms with Crippen LogP contribution in [-0.4, -0.2) is 9.85 Å². The molecule has 0 amide bonds. The molecule has 182 valence electrons. The summed E-state index contributed by atoms with van der Waals surface area (Å²) in [6, 6.07) is 25.5. The smallest absolute Gasteiger partial charge is 0.274 e. The molecule has 4 aromatic carbocycles. The Bertz CT molecular complexity index is 1310. The van der Waals surface area contributed by atoms with Crippen molar-refractivity contribution in [2.75, 3.05) is 10.6 Å². The van der Waals surface area contributed by atoms with Gasteiger partial charge >= 0.3 is 0 Å². The van der Waals surface area contributed by atoms with Crippen LogP contribution < -0.4 is 10.6 Å². The predicted octanol–water partition coefficient (Wildman–Crippen LogP) is 7.09. The molecule has 2 N–H and O–H groups in total. The highest BCUT2D eigenvalue weighted by Crippen LogP contribution is 2.42. The van der Waals surface area contributed by atoms with Crippen LogP contribution >= 0.6 is 25.3 Å². The first kappa shape index (κ1) is 25.1. The Kier molecular flexibility index (Phi) is 7.77. The third kappa shape index (κ3) is 5.45. The molecule has 0 spiro atoms. The van der Waals surface area contributed by atoms with E-state index in [2.05, 4.69) is 35.9 Å². The number of nitrogens with zero attached hydrogens (tertiary/aromatic N) is 2. The fraction of sp³-hybridized carbons (Fsp3) is 0.0769. The van der Waals surface area contributed by atoms with Gasteiger partial charge in [0.15, 0.2) is 0 Å². The van der Waals surface area contributed by atoms with E-state index in [-0.39, 0.29) is 11.4 Å². The van der Waals surface area contributed by atoms with Gasteiger partial charge in [0.2, 0.25) is 0 Å². The largest absolute Gasteiger partial charge is 0.375 e. The van der Waals surface area contributed by atoms with Crippen molar-refractivity contribution in [1.82, 2.24) is 0 Å². The lowest BCUT2D eigenvalue weighted by Gasteiger charge is -2.31. The molecule has 0 fully saturated rings. The maximum Gasteiger partial charge on any atom is 0.274 e. The third-order valence-corrected chi connectivity index (χ3v) is 6.48. The van der Waals surface area contributed by atoms with E-state index >= 15 is 0 Å². The molecule has 4 rings (SSSR count). The summed E-state index contributed by atoms with van der Waals surface area (Å²) in [5, 5.41) is 30.8. The summed E-state index contributed by atoms with van der Waals surface area (Å²) in [4.78, 5) is 24.4. The first-order chi connectivity index (χ1) is 17.4. The van der Waals surface area contributed by atoms with Crippen LogP contribution in [0.3, 0.4) is 0 Å². The standard InChI is InChI=1S/C26H22N4O4S2/c31-29(32)21-13-5-1-9-17(21)25(27-19-11-3-7-15-23(19)35)26(28-20-12-4-8-16-24(20)36)18-10-2-6-14-22(18)30(33)34/h1-16,25-28,35-36H. The SMILES string of the molecule is O=[N+]([O-])c1ccccc1C(Nc1ccccc1S)C(Nc1ccccc1S)c1ccccc1[N+](=O)[O-]. The molecule has 0 saturated carbocycles. The van der Waals surface area contributed by atoms with Crippen molar-refractivity contribution in [3.63, 3.8) is 0 Å². The molecule has 8 nitrogen and oxygen atoms in total. The highest BCUT2D eigenvalue weighted by Gasteiger charge is 2.34. The normalized spacial score (nSPS) is 12.4. The predicted molar refractivity (Wildman–Crippen MR) is 146 cm³/mol. The number of hydrogen-bond acceptors (Lipinski definition) is 8. The molecule has 0 aliphatic heterocycles. The molecular formula is C26H22N4O4S2. The second kappa shape index (κ2) is 11.1. The van der Waals surface area contributed by atoms with Gasteiger partial charge in [-0.15, -0.1) is 25.3 Å². The number of rotatable bonds is 9. The van der Waals surface area contributed by atoms with Crippen LogP contribution in [0, 0.1) is 20.2 Å². The summed E-state index contributed by atoms with van der Waals surface area (Å²) < 4.78 is 0. The van der Waals surface area contributed by atoms with Crippen LogP contribution in [0.15, 0.2) is 107 Å². The number of benzene rings is 4. The number of nitrogens with one attached hydrogen (secondary N) is 2. The van der Waals surface area contributed by atoms with E-state index in [0.29, 0.717) is 32.3 Å². The van der Waals surface area contributed by atoms with Gasteiger partial charge in [-0.3, -0.25) is 20.2 Å². The lowest BCUT2D eigenvalue weighted by Crippen LogP contribution is -2.27. The van der Waals surface area contributed by atoms with Crippen molar-refractivity contribution in [2.45, 2.75) is 21.9 Å². The van der Waals surface area contributed by atoms with Gasteiger partial charge in [0.05, 0.1) is 33.1 Å². The molecule has 0 aliphatic carbocycles. The summed E-state index contributed by atoms with van der Waals surface area (Å²) in [7, 11) is 0. The summed E-state index contributed by atoms with van der Waals surface area (Å²) in [6.45, 7) is 0. The fourth-order valence-corrected chi connectivity index (χ4v) is 4.49. The van der Waals surface area contributed by atoms with Crippen molar-refractivity contribution >= 4 is 48.0 Å². The average molecular weight is 519 g/mol. The number of thiol groups is 2. The van der Waals surface area contributed by atoms with Gasteiger partial charge in [-0.05, 0) is 36.4 Å². The Morgan fingerprint density at radius 1 is 0.556 bits per heavy atom. The molecule has 0 aliphatic rings. The van der Waals surface area contributed by atoms with Crippen molar-refractivity contribution in [1.29, 1.82) is 0 Å². The zero-order valence-corrected chi connectivity index (χ0v) is 20.6. The zero-order valence-electron chi connectivity index (χ0n) is 18.8. The molecule has 2 atom stereocenters. The molecule has 36 heavy (non-hydrogen) atoms. The Hall–Kier alpha value is -4.02. The lowest BCUT2D eigenvalue weighted by molar-refractivity contribution is -0.386. The van der Waals surface area contributed by atoms with E-state index in [0.717, 1.165) is 0 Å². The van der Waals surface area contributed by atoms with E-state index in [1.54, 1.807) is 60.7 Å². The summed E-state index contributed by atoms with van der Waals surface area (Å²) in [5.41, 5.74) is 1.71. The molecular weight excluding hydrogens is 496 g/mol. The second-order valence-corrected chi connectivity index (χ2v) is 8.87. The average Bonchev–Trinajstić information content (AvgIpc) is 2.88. The minimum atomic E-state index is -0.811. The molecule has 0 saturated heterocycles. The number of nitro benzene ring substituents is 2. The zero-order chi connectivity index (χ0) is 25.7. The van der Waals surface area contributed by atoms with Gasteiger partial charge in [0, 0.05) is 33.3 Å². The number of para-hydroxylation sites is 4. The molecule has 0 radical (unpaired) electrons. The summed E-state index contributed by atoms with van der Waals surface area (Å²) >= 11 is 9.08. The van der Waals surface area contributed by atoms with E-state index in [9.17, 15) is 20.2 Å². The Morgan fingerprint density at radius 2 is 0.889 bits per heavy atom. The first-order valence-corrected chi connectivity index (χ1v) is 11.8. The monoisotopic (exact) mass is 518 g/mol. The highest BCUT2D eigenvalue weighted by atomic mass is 32.1. The van der Waals surface area contributed by atoms with Crippen LogP contribution in [0.4, 0.5) is 22.7 Å². The van der Waals surface area contributed by atoms with Crippen LogP contribution in [0.2, 0.25) is 0 Å². The lowest BCUT2D eigenvalue weighted by atomic mass is 9.90. The second-order valence-electron chi connectivity index (χ2n) is 7.91. The highest BCUT2D eigenvalue weighted by molar-refractivity contribution is 7.80. The van der Waals surface area contributed by atoms with Crippen molar-refractivity contribution in [2.24, 2.45) is 0 Å². The van der Waals surface area contributed by atoms with Crippen LogP contribution in [0.5, 0.6) is 0 Å². The molecule has 10 heteroatoms. The van der Waals surface area contributed by atoms with Crippen LogP contribution in [0.25, 0.3) is 0 Å². The van der Waals surface area contributed by atoms with Gasteiger partial charge in [-0.2, -0.15) is 0 Å². The maximum absolute atomic E-state index is 12.0. The first-order valence-electron chi connectivity index (χ1n) is 10.9. The Labute approximate surface area is 218 Å². The maximum atomic E-state index is 12.0. The molecule has 4 aromatic rings. The fourth-order valence-electron chi connectivity index (χ4n) is 4.04. The van der Waals surface area contributed by atoms with Crippen LogP contribution in [-0.2, 0) is 0 Å². The van der Waals surface area contributed by atoms with E-state index < -0.39 is 21.9 Å². The van der Waals surface area contributed by atoms with Crippen molar-refractivity contribution < 1.29 is 9.85 Å². The minimum absolute atomic E-state index is 0.115. The van der Waals surface area contributed by atoms with Gasteiger partial charge < -0.3 is 10.6 Å². The molecule has 2 unspecified atom stereocenters. The van der Waals surface area contributed by atoms with Gasteiger partial charge in [-0.25, -0.2) is 0 Å². The Morgan fingerprint density at radius 3 is 1.25 bits per heavy atom. The number of hydrogen-bond donors (Lipinski definition) is 4.